The van der Waals surface area contributed by atoms with Gasteiger partial charge in [-0.25, -0.2) is 13.2 Å². The molecule has 1 heterocycles. The third-order valence-corrected chi connectivity index (χ3v) is 8.60. The fourth-order valence-corrected chi connectivity index (χ4v) is 5.91. The Labute approximate surface area is 249 Å². The lowest BCUT2D eigenvalue weighted by molar-refractivity contribution is -0.116. The van der Waals surface area contributed by atoms with Crippen molar-refractivity contribution < 1.29 is 27.5 Å². The molecule has 0 unspecified atom stereocenters. The number of aryl methyl sites for hydroxylation is 1. The smallest absolute Gasteiger partial charge is 0.337 e. The van der Waals surface area contributed by atoms with Gasteiger partial charge in [-0.15, -0.1) is 0 Å². The van der Waals surface area contributed by atoms with Crippen LogP contribution in [0.4, 0.5) is 11.4 Å². The summed E-state index contributed by atoms with van der Waals surface area (Å²) in [7, 11) is -1.16. The van der Waals surface area contributed by atoms with Gasteiger partial charge in [-0.2, -0.15) is 4.31 Å². The number of nitrogens with one attached hydrogen (secondary N) is 2. The highest BCUT2D eigenvalue weighted by Crippen LogP contribution is 2.26. The van der Waals surface area contributed by atoms with Crippen LogP contribution < -0.4 is 15.4 Å². The molecule has 4 rings (SSSR count). The van der Waals surface area contributed by atoms with Crippen LogP contribution in [0, 0.1) is 6.92 Å². The monoisotopic (exact) mass is 610 g/mol. The molecule has 3 aromatic carbocycles. The lowest BCUT2D eigenvalue weighted by Crippen LogP contribution is -2.37. The van der Waals surface area contributed by atoms with E-state index < -0.39 is 16.0 Å². The predicted octanol–water partition coefficient (Wildman–Crippen LogP) is 5.12. The molecule has 0 atom stereocenters. The van der Waals surface area contributed by atoms with E-state index >= 15 is 0 Å². The number of nitrogens with zero attached hydrogens (tertiary/aromatic N) is 2. The van der Waals surface area contributed by atoms with Crippen LogP contribution in [0.15, 0.2) is 77.7 Å². The average Bonchev–Trinajstić information content (AvgIpc) is 2.98. The summed E-state index contributed by atoms with van der Waals surface area (Å²) in [6, 6.07) is 19.6. The number of sulfonamides is 1. The number of hydrogen-bond donors (Lipinski definition) is 2. The second-order valence-electron chi connectivity index (χ2n) is 9.35. The quantitative estimate of drug-likeness (QED) is 0.212. The first-order chi connectivity index (χ1) is 20.1. The fourth-order valence-electron chi connectivity index (χ4n) is 4.30. The summed E-state index contributed by atoms with van der Waals surface area (Å²) in [4.78, 5) is 29.0. The Morgan fingerprint density at radius 1 is 0.952 bits per heavy atom. The van der Waals surface area contributed by atoms with E-state index in [2.05, 4.69) is 20.4 Å². The van der Waals surface area contributed by atoms with Gasteiger partial charge in [0.1, 0.15) is 5.75 Å². The molecule has 10 nitrogen and oxygen atoms in total. The van der Waals surface area contributed by atoms with Gasteiger partial charge in [-0.3, -0.25) is 9.78 Å². The number of rotatable bonds is 12. The van der Waals surface area contributed by atoms with Crippen LogP contribution in [-0.2, 0) is 19.6 Å². The largest absolute Gasteiger partial charge is 0.497 e. The van der Waals surface area contributed by atoms with Crippen molar-refractivity contribution in [3.8, 4) is 5.75 Å². The lowest BCUT2D eigenvalue weighted by atomic mass is 10.1. The second kappa shape index (κ2) is 13.6. The molecule has 0 bridgehead atoms. The van der Waals surface area contributed by atoms with Crippen LogP contribution in [0.2, 0.25) is 5.02 Å². The minimum absolute atomic E-state index is 0.0654. The van der Waals surface area contributed by atoms with Gasteiger partial charge in [0.25, 0.3) is 0 Å². The second-order valence-corrected chi connectivity index (χ2v) is 11.7. The zero-order chi connectivity index (χ0) is 30.3. The van der Waals surface area contributed by atoms with Crippen LogP contribution in [0.3, 0.4) is 0 Å². The van der Waals surface area contributed by atoms with E-state index in [1.165, 1.54) is 42.8 Å². The predicted molar refractivity (Wildman–Crippen MR) is 163 cm³/mol. The zero-order valence-electron chi connectivity index (χ0n) is 23.4. The fraction of sp³-hybridized carbons (Fsp3) is 0.233. The summed E-state index contributed by atoms with van der Waals surface area (Å²) in [6.07, 6.45) is -0.0962. The number of ether oxygens (including phenoxy) is 2. The first-order valence-corrected chi connectivity index (χ1v) is 14.9. The maximum atomic E-state index is 13.6. The van der Waals surface area contributed by atoms with Crippen molar-refractivity contribution in [1.82, 2.24) is 9.29 Å². The number of pyridine rings is 1. The Hall–Kier alpha value is -4.19. The number of hydrogen-bond acceptors (Lipinski definition) is 8. The summed E-state index contributed by atoms with van der Waals surface area (Å²) in [6.45, 7) is 2.15. The highest BCUT2D eigenvalue weighted by Gasteiger charge is 2.25. The van der Waals surface area contributed by atoms with Gasteiger partial charge in [-0.05, 0) is 79.7 Å². The Kier molecular flexibility index (Phi) is 10.00. The number of benzene rings is 3. The summed E-state index contributed by atoms with van der Waals surface area (Å²) >= 11 is 6.21. The summed E-state index contributed by atoms with van der Waals surface area (Å²) in [5.74, 6) is -0.341. The summed E-state index contributed by atoms with van der Waals surface area (Å²) < 4.78 is 38.4. The van der Waals surface area contributed by atoms with E-state index in [0.717, 1.165) is 22.3 Å². The average molecular weight is 611 g/mol. The summed E-state index contributed by atoms with van der Waals surface area (Å²) in [5.41, 5.74) is 3.15. The first kappa shape index (κ1) is 30.8. The number of carbonyl (C=O) groups excluding carboxylic acids is 2. The van der Waals surface area contributed by atoms with Gasteiger partial charge in [0.15, 0.2) is 0 Å². The van der Waals surface area contributed by atoms with Crippen molar-refractivity contribution in [3.63, 3.8) is 0 Å². The molecule has 42 heavy (non-hydrogen) atoms. The van der Waals surface area contributed by atoms with Gasteiger partial charge in [-0.1, -0.05) is 11.6 Å². The van der Waals surface area contributed by atoms with Crippen LogP contribution >= 0.6 is 11.6 Å². The Balaban J connectivity index is 1.49. The van der Waals surface area contributed by atoms with Crippen LogP contribution in [0.5, 0.6) is 5.75 Å². The molecule has 2 N–H and O–H groups in total. The van der Waals surface area contributed by atoms with Gasteiger partial charge in [0.05, 0.1) is 30.2 Å². The third kappa shape index (κ3) is 7.55. The Morgan fingerprint density at radius 2 is 1.67 bits per heavy atom. The van der Waals surface area contributed by atoms with Crippen molar-refractivity contribution in [2.45, 2.75) is 18.2 Å². The van der Waals surface area contributed by atoms with Crippen molar-refractivity contribution in [3.05, 3.63) is 89.1 Å². The minimum Gasteiger partial charge on any atom is -0.497 e. The van der Waals surface area contributed by atoms with Gasteiger partial charge < -0.3 is 20.1 Å². The molecule has 1 amide bonds. The number of amides is 1. The van der Waals surface area contributed by atoms with Gasteiger partial charge in [0.2, 0.25) is 15.9 Å². The normalized spacial score (nSPS) is 11.4. The first-order valence-electron chi connectivity index (χ1n) is 13.0. The van der Waals surface area contributed by atoms with Crippen molar-refractivity contribution in [1.29, 1.82) is 0 Å². The van der Waals surface area contributed by atoms with Crippen molar-refractivity contribution in [2.24, 2.45) is 0 Å². The minimum atomic E-state index is -3.95. The van der Waals surface area contributed by atoms with E-state index in [1.54, 1.807) is 36.4 Å². The SMILES string of the molecule is COC(=O)c1ccc(NC(=O)CCN(CCNc2cc(C)nc3ccc(Cl)cc23)S(=O)(=O)c2ccc(OC)cc2)cc1. The molecular formula is C30H31ClN4O6S. The number of esters is 1. The highest BCUT2D eigenvalue weighted by molar-refractivity contribution is 7.89. The molecule has 220 valence electrons. The zero-order valence-corrected chi connectivity index (χ0v) is 25.0. The molecule has 0 radical (unpaired) electrons. The topological polar surface area (TPSA) is 127 Å². The Morgan fingerprint density at radius 3 is 2.33 bits per heavy atom. The van der Waals surface area contributed by atoms with Gasteiger partial charge in [0, 0.05) is 53.5 Å². The molecule has 4 aromatic rings. The molecule has 0 fully saturated rings. The van der Waals surface area contributed by atoms with E-state index in [-0.39, 0.29) is 36.9 Å². The Bertz CT molecular complexity index is 1680. The van der Waals surface area contributed by atoms with Gasteiger partial charge >= 0.3 is 5.97 Å². The highest BCUT2D eigenvalue weighted by atomic mass is 35.5. The number of fused-ring (bicyclic) bond motifs is 1. The number of halogens is 1. The van der Waals surface area contributed by atoms with Crippen molar-refractivity contribution in [2.75, 3.05) is 44.5 Å². The maximum absolute atomic E-state index is 13.6. The molecule has 0 aliphatic heterocycles. The molecule has 0 aliphatic carbocycles. The van der Waals surface area contributed by atoms with E-state index in [4.69, 9.17) is 16.3 Å². The lowest BCUT2D eigenvalue weighted by Gasteiger charge is -2.23. The molecule has 0 aliphatic rings. The number of aromatic nitrogens is 1. The number of methoxy groups -OCH3 is 2. The molecule has 1 aromatic heterocycles. The van der Waals surface area contributed by atoms with E-state index in [1.807, 2.05) is 19.1 Å². The molecule has 0 saturated carbocycles. The molecule has 0 saturated heterocycles. The number of carbonyl (C=O) groups is 2. The third-order valence-electron chi connectivity index (χ3n) is 6.45. The molecule has 12 heteroatoms. The van der Waals surface area contributed by atoms with Crippen LogP contribution in [0.25, 0.3) is 10.9 Å². The molecular weight excluding hydrogens is 580 g/mol. The van der Waals surface area contributed by atoms with E-state index in [9.17, 15) is 18.0 Å². The van der Waals surface area contributed by atoms with Crippen LogP contribution in [0.1, 0.15) is 22.5 Å². The standard InChI is InChI=1S/C30H31ClN4O6S/c1-20-18-28(26-19-22(31)6-13-27(26)33-20)32-15-17-35(42(38,39)25-11-9-24(40-2)10-12-25)16-14-29(36)34-23-7-4-21(5-8-23)30(37)41-3/h4-13,18-19H,14-17H2,1-3H3,(H,32,33)(H,34,36). The summed E-state index contributed by atoms with van der Waals surface area (Å²) in [5, 5.41) is 7.42. The van der Waals surface area contributed by atoms with E-state index in [0.29, 0.717) is 22.0 Å². The maximum Gasteiger partial charge on any atom is 0.337 e. The van der Waals surface area contributed by atoms with Crippen molar-refractivity contribution >= 4 is 55.8 Å². The molecule has 0 spiro atoms. The number of anilines is 2. The van der Waals surface area contributed by atoms with Crippen LogP contribution in [-0.4, -0.2) is 63.4 Å².